The summed E-state index contributed by atoms with van der Waals surface area (Å²) in [7, 11) is 0. The van der Waals surface area contributed by atoms with Gasteiger partial charge in [-0.05, 0) is 38.6 Å². The number of rotatable bonds is 9. The van der Waals surface area contributed by atoms with E-state index in [9.17, 15) is 0 Å². The van der Waals surface area contributed by atoms with Gasteiger partial charge < -0.3 is 5.32 Å². The molecule has 1 heteroatoms. The van der Waals surface area contributed by atoms with E-state index in [1.165, 1.54) is 37.7 Å². The lowest BCUT2D eigenvalue weighted by Gasteiger charge is -2.28. The summed E-state index contributed by atoms with van der Waals surface area (Å²) >= 11 is 0. The minimum Gasteiger partial charge on any atom is -0.310 e. The van der Waals surface area contributed by atoms with Crippen molar-refractivity contribution in [3.05, 3.63) is 12.2 Å². The highest BCUT2D eigenvalue weighted by atomic mass is 14.9. The summed E-state index contributed by atoms with van der Waals surface area (Å²) in [5.41, 5.74) is 1.30. The van der Waals surface area contributed by atoms with Crippen LogP contribution in [0.15, 0.2) is 12.2 Å². The van der Waals surface area contributed by atoms with Crippen LogP contribution in [0.1, 0.15) is 59.8 Å². The summed E-state index contributed by atoms with van der Waals surface area (Å²) in [6, 6.07) is 0.532. The summed E-state index contributed by atoms with van der Waals surface area (Å²) in [6.45, 7) is 14.2. The molecular formula is C14H29N. The Labute approximate surface area is 96.3 Å². The van der Waals surface area contributed by atoms with Gasteiger partial charge in [-0.15, -0.1) is 0 Å². The van der Waals surface area contributed by atoms with E-state index in [0.717, 1.165) is 12.5 Å². The Morgan fingerprint density at radius 3 is 1.93 bits per heavy atom. The molecule has 0 aromatic carbocycles. The molecule has 0 fully saturated rings. The van der Waals surface area contributed by atoms with E-state index < -0.39 is 0 Å². The van der Waals surface area contributed by atoms with Gasteiger partial charge in [0.2, 0.25) is 0 Å². The normalized spacial score (nSPS) is 13.1. The van der Waals surface area contributed by atoms with Crippen molar-refractivity contribution in [1.82, 2.24) is 5.32 Å². The van der Waals surface area contributed by atoms with Crippen molar-refractivity contribution in [3.8, 4) is 0 Å². The van der Waals surface area contributed by atoms with Crippen LogP contribution in [-0.4, -0.2) is 12.6 Å². The van der Waals surface area contributed by atoms with Gasteiger partial charge in [0.05, 0.1) is 0 Å². The molecule has 0 aromatic rings. The van der Waals surface area contributed by atoms with Gasteiger partial charge in [0.1, 0.15) is 0 Å². The Morgan fingerprint density at radius 2 is 1.60 bits per heavy atom. The van der Waals surface area contributed by atoms with Crippen molar-refractivity contribution in [2.45, 2.75) is 65.8 Å². The van der Waals surface area contributed by atoms with Crippen LogP contribution in [0.25, 0.3) is 0 Å². The molecule has 1 unspecified atom stereocenters. The lowest BCUT2D eigenvalue weighted by molar-refractivity contribution is 0.342. The standard InChI is InChI=1S/C14H29N/c1-6-9-13(10-7-2)14(12(4)5)15-11-8-3/h13-15H,4,6-11H2,1-3,5H3. The first-order valence-corrected chi connectivity index (χ1v) is 6.56. The Balaban J connectivity index is 4.30. The molecule has 0 amide bonds. The second kappa shape index (κ2) is 8.96. The van der Waals surface area contributed by atoms with Gasteiger partial charge in [-0.3, -0.25) is 0 Å². The Hall–Kier alpha value is -0.300. The van der Waals surface area contributed by atoms with Crippen LogP contribution >= 0.6 is 0 Å². The molecule has 0 aliphatic heterocycles. The summed E-state index contributed by atoms with van der Waals surface area (Å²) < 4.78 is 0. The minimum atomic E-state index is 0.532. The maximum absolute atomic E-state index is 4.13. The molecule has 0 aliphatic rings. The summed E-state index contributed by atoms with van der Waals surface area (Å²) in [6.07, 6.45) is 6.41. The first kappa shape index (κ1) is 14.7. The zero-order valence-electron chi connectivity index (χ0n) is 11.1. The Kier molecular flexibility index (Phi) is 8.79. The fourth-order valence-corrected chi connectivity index (χ4v) is 2.26. The van der Waals surface area contributed by atoms with Crippen LogP contribution < -0.4 is 5.32 Å². The van der Waals surface area contributed by atoms with Crippen LogP contribution in [-0.2, 0) is 0 Å². The van der Waals surface area contributed by atoms with Crippen molar-refractivity contribution in [3.63, 3.8) is 0 Å². The molecule has 0 spiro atoms. The van der Waals surface area contributed by atoms with Crippen molar-refractivity contribution in [1.29, 1.82) is 0 Å². The average Bonchev–Trinajstić information content (AvgIpc) is 2.18. The molecular weight excluding hydrogens is 182 g/mol. The molecule has 0 aromatic heterocycles. The average molecular weight is 211 g/mol. The molecule has 0 rings (SSSR count). The summed E-state index contributed by atoms with van der Waals surface area (Å²) in [5, 5.41) is 3.64. The van der Waals surface area contributed by atoms with Crippen molar-refractivity contribution < 1.29 is 0 Å². The Bertz CT molecular complexity index is 157. The molecule has 90 valence electrons. The largest absolute Gasteiger partial charge is 0.310 e. The molecule has 0 saturated heterocycles. The lowest BCUT2D eigenvalue weighted by Crippen LogP contribution is -2.37. The van der Waals surface area contributed by atoms with Gasteiger partial charge in [-0.2, -0.15) is 0 Å². The van der Waals surface area contributed by atoms with Crippen LogP contribution in [0.4, 0.5) is 0 Å². The van der Waals surface area contributed by atoms with Gasteiger partial charge in [0.25, 0.3) is 0 Å². The first-order valence-electron chi connectivity index (χ1n) is 6.56. The second-order valence-electron chi connectivity index (χ2n) is 4.62. The van der Waals surface area contributed by atoms with Gasteiger partial charge in [0.15, 0.2) is 0 Å². The molecule has 0 aliphatic carbocycles. The molecule has 0 saturated carbocycles. The maximum atomic E-state index is 4.13. The number of hydrogen-bond acceptors (Lipinski definition) is 1. The van der Waals surface area contributed by atoms with E-state index in [0.29, 0.717) is 6.04 Å². The topological polar surface area (TPSA) is 12.0 Å². The monoisotopic (exact) mass is 211 g/mol. The first-order chi connectivity index (χ1) is 7.17. The van der Waals surface area contributed by atoms with E-state index in [1.54, 1.807) is 0 Å². The summed E-state index contributed by atoms with van der Waals surface area (Å²) in [4.78, 5) is 0. The van der Waals surface area contributed by atoms with Gasteiger partial charge in [-0.25, -0.2) is 0 Å². The molecule has 1 N–H and O–H groups in total. The zero-order valence-corrected chi connectivity index (χ0v) is 11.1. The molecule has 0 radical (unpaired) electrons. The number of nitrogens with one attached hydrogen (secondary N) is 1. The number of hydrogen-bond donors (Lipinski definition) is 1. The van der Waals surface area contributed by atoms with Crippen LogP contribution in [0.2, 0.25) is 0 Å². The molecule has 1 atom stereocenters. The fourth-order valence-electron chi connectivity index (χ4n) is 2.26. The predicted molar refractivity (Wildman–Crippen MR) is 70.2 cm³/mol. The van der Waals surface area contributed by atoms with E-state index in [-0.39, 0.29) is 0 Å². The maximum Gasteiger partial charge on any atom is 0.0302 e. The zero-order chi connectivity index (χ0) is 11.7. The van der Waals surface area contributed by atoms with Crippen LogP contribution in [0.5, 0.6) is 0 Å². The lowest BCUT2D eigenvalue weighted by atomic mass is 9.87. The third kappa shape index (κ3) is 5.99. The van der Waals surface area contributed by atoms with E-state index in [4.69, 9.17) is 0 Å². The van der Waals surface area contributed by atoms with E-state index in [2.05, 4.69) is 39.6 Å². The van der Waals surface area contributed by atoms with E-state index >= 15 is 0 Å². The van der Waals surface area contributed by atoms with Crippen molar-refractivity contribution >= 4 is 0 Å². The fraction of sp³-hybridized carbons (Fsp3) is 0.857. The van der Waals surface area contributed by atoms with Gasteiger partial charge in [-0.1, -0.05) is 45.8 Å². The van der Waals surface area contributed by atoms with Crippen LogP contribution in [0, 0.1) is 5.92 Å². The highest BCUT2D eigenvalue weighted by molar-refractivity contribution is 5.04. The quantitative estimate of drug-likeness (QED) is 0.565. The smallest absolute Gasteiger partial charge is 0.0302 e. The minimum absolute atomic E-state index is 0.532. The SMILES string of the molecule is C=C(C)C(NCCC)C(CCC)CCC. The van der Waals surface area contributed by atoms with Gasteiger partial charge in [0, 0.05) is 6.04 Å². The van der Waals surface area contributed by atoms with Crippen molar-refractivity contribution in [2.24, 2.45) is 5.92 Å². The highest BCUT2D eigenvalue weighted by Crippen LogP contribution is 2.22. The molecule has 0 bridgehead atoms. The van der Waals surface area contributed by atoms with E-state index in [1.807, 2.05) is 0 Å². The Morgan fingerprint density at radius 1 is 1.07 bits per heavy atom. The van der Waals surface area contributed by atoms with Crippen LogP contribution in [0.3, 0.4) is 0 Å². The molecule has 15 heavy (non-hydrogen) atoms. The predicted octanol–water partition coefficient (Wildman–Crippen LogP) is 4.15. The summed E-state index contributed by atoms with van der Waals surface area (Å²) in [5.74, 6) is 0.782. The third-order valence-electron chi connectivity index (χ3n) is 2.94. The molecule has 1 nitrogen and oxygen atoms in total. The third-order valence-corrected chi connectivity index (χ3v) is 2.94. The van der Waals surface area contributed by atoms with Gasteiger partial charge >= 0.3 is 0 Å². The highest BCUT2D eigenvalue weighted by Gasteiger charge is 2.19. The van der Waals surface area contributed by atoms with Crippen molar-refractivity contribution in [2.75, 3.05) is 6.54 Å². The second-order valence-corrected chi connectivity index (χ2v) is 4.62. The molecule has 0 heterocycles.